The van der Waals surface area contributed by atoms with Crippen molar-refractivity contribution in [2.75, 3.05) is 0 Å². The molecule has 2 heteroatoms. The Hall–Kier alpha value is -1.07. The predicted molar refractivity (Wildman–Crippen MR) is 90.5 cm³/mol. The Bertz CT molecular complexity index is 626. The number of hydrogen-bond donors (Lipinski definition) is 1. The zero-order valence-corrected chi connectivity index (χ0v) is 14.4. The van der Waals surface area contributed by atoms with Crippen LogP contribution < -0.4 is 0 Å². The molecule has 4 aliphatic carbocycles. The molecule has 0 aromatic rings. The van der Waals surface area contributed by atoms with E-state index in [1.807, 2.05) is 6.08 Å². The van der Waals surface area contributed by atoms with Crippen molar-refractivity contribution in [3.05, 3.63) is 11.6 Å². The van der Waals surface area contributed by atoms with E-state index in [4.69, 9.17) is 6.42 Å². The Balaban J connectivity index is 1.70. The normalized spacial score (nSPS) is 52.0. The first-order chi connectivity index (χ1) is 10.8. The fourth-order valence-corrected chi connectivity index (χ4v) is 6.81. The van der Waals surface area contributed by atoms with Gasteiger partial charge in [0.2, 0.25) is 0 Å². The van der Waals surface area contributed by atoms with E-state index < -0.39 is 5.60 Å². The molecule has 124 valence electrons. The smallest absolute Gasteiger partial charge is 0.155 e. The van der Waals surface area contributed by atoms with Crippen molar-refractivity contribution in [3.8, 4) is 12.3 Å². The van der Waals surface area contributed by atoms with E-state index >= 15 is 0 Å². The van der Waals surface area contributed by atoms with E-state index in [2.05, 4.69) is 19.8 Å². The summed E-state index contributed by atoms with van der Waals surface area (Å²) in [6, 6.07) is 0. The van der Waals surface area contributed by atoms with Crippen LogP contribution >= 0.6 is 0 Å². The van der Waals surface area contributed by atoms with Crippen LogP contribution in [0.25, 0.3) is 0 Å². The van der Waals surface area contributed by atoms with Crippen molar-refractivity contribution in [2.45, 2.75) is 70.8 Å². The highest BCUT2D eigenvalue weighted by Crippen LogP contribution is 2.67. The molecule has 0 aliphatic heterocycles. The van der Waals surface area contributed by atoms with Crippen LogP contribution in [0.2, 0.25) is 0 Å². The summed E-state index contributed by atoms with van der Waals surface area (Å²) in [7, 11) is 0. The molecule has 0 bridgehead atoms. The van der Waals surface area contributed by atoms with E-state index in [-0.39, 0.29) is 10.8 Å². The number of allylic oxidation sites excluding steroid dienone is 1. The van der Waals surface area contributed by atoms with Crippen LogP contribution in [-0.4, -0.2) is 16.5 Å². The molecule has 0 saturated heterocycles. The first-order valence-electron chi connectivity index (χ1n) is 9.28. The van der Waals surface area contributed by atoms with Gasteiger partial charge in [-0.15, -0.1) is 6.42 Å². The lowest BCUT2D eigenvalue weighted by Gasteiger charge is -2.58. The highest BCUT2D eigenvalue weighted by Gasteiger charge is 2.63. The standard InChI is InChI=1S/C21H28O2/c1-4-21(23)12-9-18-16-6-5-14-13-15(22)7-10-19(14,2)17(16)8-11-20(18,21)3/h1,13,16-18,23H,5-12H2,2-3H3/t16?,17?,18?,19-,20-,21+/m0/s1. The first-order valence-corrected chi connectivity index (χ1v) is 9.28. The van der Waals surface area contributed by atoms with Gasteiger partial charge in [-0.1, -0.05) is 25.3 Å². The number of carbonyl (C=O) groups is 1. The molecule has 0 radical (unpaired) electrons. The van der Waals surface area contributed by atoms with Crippen LogP contribution in [0.15, 0.2) is 11.6 Å². The summed E-state index contributed by atoms with van der Waals surface area (Å²) < 4.78 is 0. The molecule has 1 N–H and O–H groups in total. The lowest BCUT2D eigenvalue weighted by Crippen LogP contribution is -2.54. The number of carbonyl (C=O) groups excluding carboxylic acids is 1. The minimum atomic E-state index is -0.914. The maximum Gasteiger partial charge on any atom is 0.155 e. The molecule has 2 nitrogen and oxygen atoms in total. The summed E-state index contributed by atoms with van der Waals surface area (Å²) >= 11 is 0. The quantitative estimate of drug-likeness (QED) is 0.689. The maximum atomic E-state index is 11.8. The second-order valence-electron chi connectivity index (χ2n) is 8.97. The van der Waals surface area contributed by atoms with Gasteiger partial charge in [0.25, 0.3) is 0 Å². The van der Waals surface area contributed by atoms with Crippen molar-refractivity contribution >= 4 is 5.78 Å². The molecule has 0 aromatic heterocycles. The Morgan fingerprint density at radius 2 is 1.87 bits per heavy atom. The van der Waals surface area contributed by atoms with Gasteiger partial charge in [0, 0.05) is 11.8 Å². The van der Waals surface area contributed by atoms with E-state index in [1.165, 1.54) is 12.0 Å². The number of ketones is 1. The summed E-state index contributed by atoms with van der Waals surface area (Å²) in [4.78, 5) is 11.8. The van der Waals surface area contributed by atoms with Crippen molar-refractivity contribution in [1.82, 2.24) is 0 Å². The van der Waals surface area contributed by atoms with Crippen LogP contribution in [0.4, 0.5) is 0 Å². The summed E-state index contributed by atoms with van der Waals surface area (Å²) in [5, 5.41) is 11.0. The molecule has 3 unspecified atom stereocenters. The lowest BCUT2D eigenvalue weighted by atomic mass is 9.46. The zero-order chi connectivity index (χ0) is 16.5. The Morgan fingerprint density at radius 1 is 1.13 bits per heavy atom. The maximum absolute atomic E-state index is 11.8. The molecule has 3 fully saturated rings. The van der Waals surface area contributed by atoms with Crippen molar-refractivity contribution < 1.29 is 9.90 Å². The number of hydrogen-bond acceptors (Lipinski definition) is 2. The fraction of sp³-hybridized carbons (Fsp3) is 0.762. The van der Waals surface area contributed by atoms with E-state index in [1.54, 1.807) is 0 Å². The first kappa shape index (κ1) is 15.5. The van der Waals surface area contributed by atoms with Crippen LogP contribution in [0, 0.1) is 40.9 Å². The fourth-order valence-electron chi connectivity index (χ4n) is 6.81. The highest BCUT2D eigenvalue weighted by molar-refractivity contribution is 5.91. The molecule has 23 heavy (non-hydrogen) atoms. The van der Waals surface area contributed by atoms with Gasteiger partial charge < -0.3 is 5.11 Å². The number of rotatable bonds is 0. The average Bonchev–Trinajstić information content (AvgIpc) is 2.80. The monoisotopic (exact) mass is 312 g/mol. The van der Waals surface area contributed by atoms with Gasteiger partial charge >= 0.3 is 0 Å². The van der Waals surface area contributed by atoms with Crippen molar-refractivity contribution in [1.29, 1.82) is 0 Å². The van der Waals surface area contributed by atoms with Crippen LogP contribution in [-0.2, 0) is 4.79 Å². The van der Waals surface area contributed by atoms with Gasteiger partial charge in [-0.2, -0.15) is 0 Å². The summed E-state index contributed by atoms with van der Waals surface area (Å²) in [5.41, 5.74) is 0.575. The molecule has 4 aliphatic rings. The van der Waals surface area contributed by atoms with Crippen molar-refractivity contribution in [2.24, 2.45) is 28.6 Å². The summed E-state index contributed by atoms with van der Waals surface area (Å²) in [5.74, 6) is 4.93. The molecule has 3 saturated carbocycles. The molecular formula is C21H28O2. The van der Waals surface area contributed by atoms with Crippen LogP contribution in [0.3, 0.4) is 0 Å². The van der Waals surface area contributed by atoms with E-state index in [0.717, 1.165) is 38.5 Å². The van der Waals surface area contributed by atoms with Gasteiger partial charge in [0.05, 0.1) is 0 Å². The van der Waals surface area contributed by atoms with Gasteiger partial charge in [-0.05, 0) is 74.2 Å². The van der Waals surface area contributed by atoms with E-state index in [9.17, 15) is 9.90 Å². The third-order valence-corrected chi connectivity index (χ3v) is 8.35. The third kappa shape index (κ3) is 1.84. The molecule has 0 aromatic carbocycles. The third-order valence-electron chi connectivity index (χ3n) is 8.35. The number of aliphatic hydroxyl groups is 1. The lowest BCUT2D eigenvalue weighted by molar-refractivity contribution is -0.119. The minimum Gasteiger partial charge on any atom is -0.377 e. The Morgan fingerprint density at radius 3 is 2.61 bits per heavy atom. The SMILES string of the molecule is C#C[C@@]1(O)CCC2C3CCC4=CC(=O)CC[C@]4(C)C3CC[C@@]21C. The van der Waals surface area contributed by atoms with Crippen molar-refractivity contribution in [3.63, 3.8) is 0 Å². The molecule has 6 atom stereocenters. The Labute approximate surface area is 139 Å². The van der Waals surface area contributed by atoms with E-state index in [0.29, 0.717) is 30.0 Å². The molecule has 0 spiro atoms. The van der Waals surface area contributed by atoms with Crippen LogP contribution in [0.5, 0.6) is 0 Å². The minimum absolute atomic E-state index is 0.120. The van der Waals surface area contributed by atoms with Gasteiger partial charge in [-0.25, -0.2) is 0 Å². The molecule has 0 heterocycles. The topological polar surface area (TPSA) is 37.3 Å². The van der Waals surface area contributed by atoms with Gasteiger partial charge in [-0.3, -0.25) is 4.79 Å². The molecular weight excluding hydrogens is 284 g/mol. The second kappa shape index (κ2) is 4.73. The summed E-state index contributed by atoms with van der Waals surface area (Å²) in [6.45, 7) is 4.63. The number of terminal acetylenes is 1. The largest absolute Gasteiger partial charge is 0.377 e. The van der Waals surface area contributed by atoms with Gasteiger partial charge in [0.15, 0.2) is 5.78 Å². The van der Waals surface area contributed by atoms with Gasteiger partial charge in [0.1, 0.15) is 5.60 Å². The number of fused-ring (bicyclic) bond motifs is 5. The molecule has 0 amide bonds. The predicted octanol–water partition coefficient (Wildman–Crippen LogP) is 3.88. The summed E-state index contributed by atoms with van der Waals surface area (Å²) in [6.07, 6.45) is 15.6. The van der Waals surface area contributed by atoms with Crippen LogP contribution in [0.1, 0.15) is 65.2 Å². The second-order valence-corrected chi connectivity index (χ2v) is 8.97. The highest BCUT2D eigenvalue weighted by atomic mass is 16.3. The average molecular weight is 312 g/mol. The Kier molecular flexibility index (Phi) is 3.18. The molecule has 4 rings (SSSR count). The zero-order valence-electron chi connectivity index (χ0n) is 14.4.